The standard InChI is InChI=1S/C10H14N4/c1-7-10(8-4-3-5-12-8)9(6-11-2)14-13-7/h3-5,11-12H,6H2,1-2H3,(H,13,14). The molecule has 0 aromatic carbocycles. The molecule has 0 unspecified atom stereocenters. The minimum absolute atomic E-state index is 0.776. The topological polar surface area (TPSA) is 56.5 Å². The van der Waals surface area contributed by atoms with Gasteiger partial charge < -0.3 is 10.3 Å². The zero-order valence-corrected chi connectivity index (χ0v) is 8.39. The second-order valence-corrected chi connectivity index (χ2v) is 3.28. The summed E-state index contributed by atoms with van der Waals surface area (Å²) in [5.74, 6) is 0. The number of hydrogen-bond donors (Lipinski definition) is 3. The van der Waals surface area contributed by atoms with Crippen molar-refractivity contribution in [3.05, 3.63) is 29.7 Å². The molecule has 4 heteroatoms. The quantitative estimate of drug-likeness (QED) is 0.685. The Labute approximate surface area is 82.7 Å². The summed E-state index contributed by atoms with van der Waals surface area (Å²) in [4.78, 5) is 3.19. The van der Waals surface area contributed by atoms with Gasteiger partial charge in [0, 0.05) is 29.7 Å². The van der Waals surface area contributed by atoms with Crippen LogP contribution < -0.4 is 5.32 Å². The molecule has 0 amide bonds. The first kappa shape index (κ1) is 9.02. The van der Waals surface area contributed by atoms with E-state index in [1.807, 2.05) is 26.2 Å². The molecule has 0 fully saturated rings. The monoisotopic (exact) mass is 190 g/mol. The zero-order chi connectivity index (χ0) is 9.97. The molecule has 0 aliphatic carbocycles. The predicted octanol–water partition coefficient (Wildman–Crippen LogP) is 1.43. The van der Waals surface area contributed by atoms with E-state index < -0.39 is 0 Å². The van der Waals surface area contributed by atoms with Crippen molar-refractivity contribution in [1.82, 2.24) is 20.5 Å². The number of nitrogens with zero attached hydrogens (tertiary/aromatic N) is 1. The van der Waals surface area contributed by atoms with Crippen LogP contribution in [0.5, 0.6) is 0 Å². The number of aryl methyl sites for hydroxylation is 1. The molecule has 74 valence electrons. The van der Waals surface area contributed by atoms with Crippen LogP contribution in [-0.2, 0) is 6.54 Å². The van der Waals surface area contributed by atoms with Crippen LogP contribution in [0.3, 0.4) is 0 Å². The minimum Gasteiger partial charge on any atom is -0.361 e. The van der Waals surface area contributed by atoms with Crippen molar-refractivity contribution < 1.29 is 0 Å². The van der Waals surface area contributed by atoms with Crippen molar-refractivity contribution in [2.45, 2.75) is 13.5 Å². The first-order valence-corrected chi connectivity index (χ1v) is 4.65. The molecular weight excluding hydrogens is 176 g/mol. The number of aromatic nitrogens is 3. The molecule has 0 atom stereocenters. The van der Waals surface area contributed by atoms with Gasteiger partial charge in [0.2, 0.25) is 0 Å². The Balaban J connectivity index is 2.45. The van der Waals surface area contributed by atoms with Crippen LogP contribution in [0.1, 0.15) is 11.4 Å². The van der Waals surface area contributed by atoms with Crippen molar-refractivity contribution in [3.8, 4) is 11.3 Å². The Hall–Kier alpha value is -1.55. The fraction of sp³-hybridized carbons (Fsp3) is 0.300. The highest BCUT2D eigenvalue weighted by Crippen LogP contribution is 2.23. The summed E-state index contributed by atoms with van der Waals surface area (Å²) < 4.78 is 0. The van der Waals surface area contributed by atoms with E-state index in [0.29, 0.717) is 0 Å². The Morgan fingerprint density at radius 3 is 3.00 bits per heavy atom. The first-order valence-electron chi connectivity index (χ1n) is 4.65. The molecule has 0 saturated heterocycles. The molecule has 0 spiro atoms. The van der Waals surface area contributed by atoms with Gasteiger partial charge in [-0.05, 0) is 26.1 Å². The fourth-order valence-corrected chi connectivity index (χ4v) is 1.62. The van der Waals surface area contributed by atoms with Crippen molar-refractivity contribution in [2.75, 3.05) is 7.05 Å². The lowest BCUT2D eigenvalue weighted by Crippen LogP contribution is -2.06. The van der Waals surface area contributed by atoms with Crippen LogP contribution in [0.2, 0.25) is 0 Å². The van der Waals surface area contributed by atoms with Crippen molar-refractivity contribution in [2.24, 2.45) is 0 Å². The number of rotatable bonds is 3. The molecule has 2 aromatic rings. The van der Waals surface area contributed by atoms with Gasteiger partial charge in [0.15, 0.2) is 0 Å². The van der Waals surface area contributed by atoms with Gasteiger partial charge in [-0.15, -0.1) is 0 Å². The van der Waals surface area contributed by atoms with Crippen LogP contribution in [0, 0.1) is 6.92 Å². The van der Waals surface area contributed by atoms with Crippen LogP contribution >= 0.6 is 0 Å². The van der Waals surface area contributed by atoms with E-state index in [0.717, 1.165) is 23.6 Å². The molecule has 3 N–H and O–H groups in total. The lowest BCUT2D eigenvalue weighted by Gasteiger charge is -2.00. The predicted molar refractivity (Wildman–Crippen MR) is 55.9 cm³/mol. The van der Waals surface area contributed by atoms with E-state index in [9.17, 15) is 0 Å². The summed E-state index contributed by atoms with van der Waals surface area (Å²) in [6, 6.07) is 4.04. The third-order valence-electron chi connectivity index (χ3n) is 2.23. The second kappa shape index (κ2) is 3.67. The first-order chi connectivity index (χ1) is 6.83. The van der Waals surface area contributed by atoms with Gasteiger partial charge in [-0.2, -0.15) is 5.10 Å². The third-order valence-corrected chi connectivity index (χ3v) is 2.23. The molecule has 0 saturated carbocycles. The van der Waals surface area contributed by atoms with Crippen LogP contribution in [0.4, 0.5) is 0 Å². The molecule has 0 bridgehead atoms. The van der Waals surface area contributed by atoms with Crippen LogP contribution in [-0.4, -0.2) is 22.2 Å². The molecule has 2 heterocycles. The SMILES string of the molecule is CNCc1n[nH]c(C)c1-c1ccc[nH]1. The van der Waals surface area contributed by atoms with Crippen LogP contribution in [0.25, 0.3) is 11.3 Å². The molecule has 0 radical (unpaired) electrons. The van der Waals surface area contributed by atoms with Gasteiger partial charge in [0.25, 0.3) is 0 Å². The Kier molecular flexibility index (Phi) is 2.37. The number of hydrogen-bond acceptors (Lipinski definition) is 2. The Bertz CT molecular complexity index is 400. The Morgan fingerprint density at radius 2 is 2.36 bits per heavy atom. The molecule has 4 nitrogen and oxygen atoms in total. The smallest absolute Gasteiger partial charge is 0.0855 e. The number of H-pyrrole nitrogens is 2. The molecular formula is C10H14N4. The minimum atomic E-state index is 0.776. The highest BCUT2D eigenvalue weighted by Gasteiger charge is 2.11. The number of aromatic amines is 2. The normalized spacial score (nSPS) is 10.7. The number of nitrogens with one attached hydrogen (secondary N) is 3. The molecule has 2 rings (SSSR count). The van der Waals surface area contributed by atoms with Gasteiger partial charge in [-0.3, -0.25) is 5.10 Å². The maximum Gasteiger partial charge on any atom is 0.0855 e. The third kappa shape index (κ3) is 1.44. The summed E-state index contributed by atoms with van der Waals surface area (Å²) in [6.45, 7) is 2.81. The van der Waals surface area contributed by atoms with E-state index in [1.54, 1.807) is 0 Å². The average Bonchev–Trinajstić information content (AvgIpc) is 2.76. The lowest BCUT2D eigenvalue weighted by molar-refractivity contribution is 0.784. The zero-order valence-electron chi connectivity index (χ0n) is 8.39. The largest absolute Gasteiger partial charge is 0.361 e. The molecule has 2 aromatic heterocycles. The Morgan fingerprint density at radius 1 is 1.50 bits per heavy atom. The van der Waals surface area contributed by atoms with E-state index in [2.05, 4.69) is 26.6 Å². The lowest BCUT2D eigenvalue weighted by atomic mass is 10.1. The van der Waals surface area contributed by atoms with E-state index in [4.69, 9.17) is 0 Å². The summed E-state index contributed by atoms with van der Waals surface area (Å²) in [7, 11) is 1.92. The van der Waals surface area contributed by atoms with Crippen LogP contribution in [0.15, 0.2) is 18.3 Å². The van der Waals surface area contributed by atoms with Gasteiger partial charge in [-0.1, -0.05) is 0 Å². The second-order valence-electron chi connectivity index (χ2n) is 3.28. The average molecular weight is 190 g/mol. The van der Waals surface area contributed by atoms with E-state index in [1.165, 1.54) is 5.56 Å². The summed E-state index contributed by atoms with van der Waals surface area (Å²) in [5.41, 5.74) is 4.43. The van der Waals surface area contributed by atoms with Gasteiger partial charge in [0.1, 0.15) is 0 Å². The maximum absolute atomic E-state index is 4.25. The van der Waals surface area contributed by atoms with E-state index in [-0.39, 0.29) is 0 Å². The van der Waals surface area contributed by atoms with Crippen molar-refractivity contribution >= 4 is 0 Å². The maximum atomic E-state index is 4.25. The fourth-order valence-electron chi connectivity index (χ4n) is 1.62. The highest BCUT2D eigenvalue weighted by molar-refractivity contribution is 5.64. The summed E-state index contributed by atoms with van der Waals surface area (Å²) in [5, 5.41) is 10.4. The van der Waals surface area contributed by atoms with Gasteiger partial charge in [0.05, 0.1) is 5.69 Å². The highest BCUT2D eigenvalue weighted by atomic mass is 15.1. The van der Waals surface area contributed by atoms with Crippen molar-refractivity contribution in [3.63, 3.8) is 0 Å². The van der Waals surface area contributed by atoms with Crippen molar-refractivity contribution in [1.29, 1.82) is 0 Å². The molecule has 0 aliphatic heterocycles. The van der Waals surface area contributed by atoms with E-state index >= 15 is 0 Å². The van der Waals surface area contributed by atoms with Gasteiger partial charge in [-0.25, -0.2) is 0 Å². The molecule has 0 aliphatic rings. The summed E-state index contributed by atoms with van der Waals surface area (Å²) in [6.07, 6.45) is 1.92. The molecule has 14 heavy (non-hydrogen) atoms. The van der Waals surface area contributed by atoms with Gasteiger partial charge >= 0.3 is 0 Å². The summed E-state index contributed by atoms with van der Waals surface area (Å²) >= 11 is 0.